The van der Waals surface area contributed by atoms with E-state index >= 15 is 0 Å². The van der Waals surface area contributed by atoms with E-state index in [0.717, 1.165) is 26.9 Å². The van der Waals surface area contributed by atoms with Crippen molar-refractivity contribution in [1.29, 1.82) is 0 Å². The fourth-order valence-electron chi connectivity index (χ4n) is 2.57. The zero-order valence-corrected chi connectivity index (χ0v) is 15.5. The standard InChI is InChI=1S/C20H19BrN2O2/c1-14-5-7-16(8-6-14)20-17(13-25-23-20)9-10-19(24)22-12-15-3-2-4-18(21)11-15/h2-8,11,13H,9-10,12H2,1H3,(H,22,24). The number of carbonyl (C=O) groups is 1. The van der Waals surface area contributed by atoms with Gasteiger partial charge in [0.05, 0.1) is 0 Å². The van der Waals surface area contributed by atoms with Crippen molar-refractivity contribution in [3.63, 3.8) is 0 Å². The third-order valence-corrected chi connectivity index (χ3v) is 4.46. The molecule has 25 heavy (non-hydrogen) atoms. The van der Waals surface area contributed by atoms with E-state index in [9.17, 15) is 4.79 Å². The molecule has 0 atom stereocenters. The molecule has 3 rings (SSSR count). The number of amides is 1. The summed E-state index contributed by atoms with van der Waals surface area (Å²) in [5, 5.41) is 7.03. The van der Waals surface area contributed by atoms with Crippen molar-refractivity contribution >= 4 is 21.8 Å². The molecule has 1 aromatic heterocycles. The van der Waals surface area contributed by atoms with Crippen molar-refractivity contribution in [2.75, 3.05) is 0 Å². The van der Waals surface area contributed by atoms with E-state index in [2.05, 4.69) is 26.4 Å². The number of hydrogen-bond donors (Lipinski definition) is 1. The highest BCUT2D eigenvalue weighted by atomic mass is 79.9. The second kappa shape index (κ2) is 8.12. The molecule has 1 N–H and O–H groups in total. The van der Waals surface area contributed by atoms with Crippen LogP contribution in [0.3, 0.4) is 0 Å². The van der Waals surface area contributed by atoms with E-state index in [1.807, 2.05) is 55.5 Å². The topological polar surface area (TPSA) is 55.1 Å². The molecule has 0 fully saturated rings. The first-order valence-electron chi connectivity index (χ1n) is 8.13. The van der Waals surface area contributed by atoms with E-state index in [1.54, 1.807) is 6.26 Å². The van der Waals surface area contributed by atoms with Crippen LogP contribution in [0.2, 0.25) is 0 Å². The van der Waals surface area contributed by atoms with Crippen molar-refractivity contribution in [3.8, 4) is 11.3 Å². The highest BCUT2D eigenvalue weighted by molar-refractivity contribution is 9.10. The average molecular weight is 399 g/mol. The maximum absolute atomic E-state index is 12.1. The Hall–Kier alpha value is -2.40. The summed E-state index contributed by atoms with van der Waals surface area (Å²) in [6, 6.07) is 16.0. The molecule has 2 aromatic carbocycles. The lowest BCUT2D eigenvalue weighted by molar-refractivity contribution is -0.121. The fourth-order valence-corrected chi connectivity index (χ4v) is 3.01. The molecule has 0 saturated heterocycles. The van der Waals surface area contributed by atoms with Crippen LogP contribution >= 0.6 is 15.9 Å². The van der Waals surface area contributed by atoms with Crippen molar-refractivity contribution in [2.45, 2.75) is 26.3 Å². The Morgan fingerprint density at radius 1 is 1.20 bits per heavy atom. The number of nitrogens with one attached hydrogen (secondary N) is 1. The summed E-state index contributed by atoms with van der Waals surface area (Å²) in [5.74, 6) is 0.0102. The van der Waals surface area contributed by atoms with Crippen LogP contribution in [0, 0.1) is 6.92 Å². The summed E-state index contributed by atoms with van der Waals surface area (Å²) < 4.78 is 6.12. The number of aryl methyl sites for hydroxylation is 2. The maximum Gasteiger partial charge on any atom is 0.220 e. The van der Waals surface area contributed by atoms with E-state index in [-0.39, 0.29) is 5.91 Å². The summed E-state index contributed by atoms with van der Waals surface area (Å²) >= 11 is 3.43. The minimum Gasteiger partial charge on any atom is -0.364 e. The van der Waals surface area contributed by atoms with Gasteiger partial charge in [-0.25, -0.2) is 0 Å². The predicted octanol–water partition coefficient (Wildman–Crippen LogP) is 4.66. The third-order valence-electron chi connectivity index (χ3n) is 3.97. The van der Waals surface area contributed by atoms with Gasteiger partial charge in [-0.15, -0.1) is 0 Å². The van der Waals surface area contributed by atoms with Crippen LogP contribution in [0.15, 0.2) is 63.8 Å². The molecule has 0 radical (unpaired) electrons. The molecule has 3 aromatic rings. The molecular weight excluding hydrogens is 380 g/mol. The van der Waals surface area contributed by atoms with Crippen molar-refractivity contribution in [2.24, 2.45) is 0 Å². The van der Waals surface area contributed by atoms with Crippen molar-refractivity contribution < 1.29 is 9.32 Å². The first kappa shape index (κ1) is 17.4. The summed E-state index contributed by atoms with van der Waals surface area (Å²) in [6.45, 7) is 2.57. The second-order valence-corrected chi connectivity index (χ2v) is 6.88. The van der Waals surface area contributed by atoms with Crippen molar-refractivity contribution in [1.82, 2.24) is 10.5 Å². The summed E-state index contributed by atoms with van der Waals surface area (Å²) in [5.41, 5.74) is 5.01. The first-order chi connectivity index (χ1) is 12.1. The minimum absolute atomic E-state index is 0.0102. The van der Waals surface area contributed by atoms with Gasteiger partial charge in [0, 0.05) is 28.6 Å². The van der Waals surface area contributed by atoms with Gasteiger partial charge < -0.3 is 9.84 Å². The minimum atomic E-state index is 0.0102. The summed E-state index contributed by atoms with van der Waals surface area (Å²) in [6.07, 6.45) is 2.61. The van der Waals surface area contributed by atoms with Crippen molar-refractivity contribution in [3.05, 3.63) is 76.0 Å². The Morgan fingerprint density at radius 2 is 2.00 bits per heavy atom. The molecule has 4 nitrogen and oxygen atoms in total. The molecule has 1 heterocycles. The number of carbonyl (C=O) groups excluding carboxylic acids is 1. The summed E-state index contributed by atoms with van der Waals surface area (Å²) in [4.78, 5) is 12.1. The number of rotatable bonds is 6. The zero-order valence-electron chi connectivity index (χ0n) is 14.0. The van der Waals surface area contributed by atoms with Crippen LogP contribution in [0.4, 0.5) is 0 Å². The van der Waals surface area contributed by atoms with Gasteiger partial charge in [-0.3, -0.25) is 4.79 Å². The number of aromatic nitrogens is 1. The number of benzene rings is 2. The van der Waals surface area contributed by atoms with Gasteiger partial charge in [0.1, 0.15) is 12.0 Å². The molecule has 1 amide bonds. The van der Waals surface area contributed by atoms with Gasteiger partial charge in [-0.1, -0.05) is 63.0 Å². The molecule has 0 unspecified atom stereocenters. The lowest BCUT2D eigenvalue weighted by atomic mass is 10.0. The quantitative estimate of drug-likeness (QED) is 0.656. The van der Waals surface area contributed by atoms with E-state index in [4.69, 9.17) is 4.52 Å². The Bertz CT molecular complexity index is 856. The largest absolute Gasteiger partial charge is 0.364 e. The zero-order chi connectivity index (χ0) is 17.6. The van der Waals surface area contributed by atoms with E-state index in [0.29, 0.717) is 19.4 Å². The predicted molar refractivity (Wildman–Crippen MR) is 101 cm³/mol. The monoisotopic (exact) mass is 398 g/mol. The molecule has 5 heteroatoms. The normalized spacial score (nSPS) is 10.6. The lowest BCUT2D eigenvalue weighted by Gasteiger charge is -2.06. The number of hydrogen-bond acceptors (Lipinski definition) is 3. The van der Waals surface area contributed by atoms with Crippen LogP contribution in [0.25, 0.3) is 11.3 Å². The van der Waals surface area contributed by atoms with Gasteiger partial charge >= 0.3 is 0 Å². The average Bonchev–Trinajstić information content (AvgIpc) is 3.07. The molecular formula is C20H19BrN2O2. The number of halogens is 1. The summed E-state index contributed by atoms with van der Waals surface area (Å²) in [7, 11) is 0. The Kier molecular flexibility index (Phi) is 5.66. The molecule has 0 saturated carbocycles. The van der Waals surface area contributed by atoms with Crippen LogP contribution in [-0.4, -0.2) is 11.1 Å². The van der Waals surface area contributed by atoms with E-state index < -0.39 is 0 Å². The first-order valence-corrected chi connectivity index (χ1v) is 8.92. The maximum atomic E-state index is 12.1. The Morgan fingerprint density at radius 3 is 2.76 bits per heavy atom. The van der Waals surface area contributed by atoms with Gasteiger partial charge in [0.15, 0.2) is 0 Å². The van der Waals surface area contributed by atoms with Crippen LogP contribution in [-0.2, 0) is 17.8 Å². The van der Waals surface area contributed by atoms with Crippen LogP contribution < -0.4 is 5.32 Å². The van der Waals surface area contributed by atoms with Gasteiger partial charge in [-0.2, -0.15) is 0 Å². The second-order valence-electron chi connectivity index (χ2n) is 5.96. The molecule has 0 bridgehead atoms. The smallest absolute Gasteiger partial charge is 0.220 e. The Balaban J connectivity index is 1.56. The fraction of sp³-hybridized carbons (Fsp3) is 0.200. The highest BCUT2D eigenvalue weighted by Gasteiger charge is 2.12. The van der Waals surface area contributed by atoms with Gasteiger partial charge in [0.25, 0.3) is 0 Å². The molecule has 0 spiro atoms. The van der Waals surface area contributed by atoms with E-state index in [1.165, 1.54) is 5.56 Å². The Labute approximate surface area is 155 Å². The molecule has 128 valence electrons. The molecule has 0 aliphatic rings. The SMILES string of the molecule is Cc1ccc(-c2nocc2CCC(=O)NCc2cccc(Br)c2)cc1. The lowest BCUT2D eigenvalue weighted by Crippen LogP contribution is -2.23. The van der Waals surface area contributed by atoms with Gasteiger partial charge in [0.2, 0.25) is 5.91 Å². The third kappa shape index (κ3) is 4.79. The highest BCUT2D eigenvalue weighted by Crippen LogP contribution is 2.23. The van der Waals surface area contributed by atoms with Crippen LogP contribution in [0.1, 0.15) is 23.1 Å². The number of nitrogens with zero attached hydrogens (tertiary/aromatic N) is 1. The van der Waals surface area contributed by atoms with Crippen LogP contribution in [0.5, 0.6) is 0 Å². The molecule has 0 aliphatic heterocycles. The molecule has 0 aliphatic carbocycles. The van der Waals surface area contributed by atoms with Gasteiger partial charge in [-0.05, 0) is 31.0 Å².